The second-order valence-electron chi connectivity index (χ2n) is 7.39. The van der Waals surface area contributed by atoms with Gasteiger partial charge in [0, 0.05) is 13.1 Å². The number of carbonyl (C=O) groups excluding carboxylic acids is 2. The second kappa shape index (κ2) is 9.79. The molecule has 35 heavy (non-hydrogen) atoms. The van der Waals surface area contributed by atoms with Crippen LogP contribution in [0.1, 0.15) is 28.5 Å². The molecule has 0 unspecified atom stereocenters. The van der Waals surface area contributed by atoms with Crippen molar-refractivity contribution in [2.24, 2.45) is 5.92 Å². The van der Waals surface area contributed by atoms with Gasteiger partial charge in [0.05, 0.1) is 29.3 Å². The molecule has 1 saturated heterocycles. The number of nitriles is 1. The van der Waals surface area contributed by atoms with Gasteiger partial charge in [-0.1, -0.05) is 12.1 Å². The Morgan fingerprint density at radius 1 is 1.29 bits per heavy atom. The number of pyridine rings is 1. The number of carbonyl (C=O) groups is 2. The molecular weight excluding hydrogens is 493 g/mol. The number of nitrogens with zero attached hydrogens (tertiary/aromatic N) is 3. The summed E-state index contributed by atoms with van der Waals surface area (Å²) in [6, 6.07) is 7.28. The quantitative estimate of drug-likeness (QED) is 0.554. The molecule has 1 amide bonds. The van der Waals surface area contributed by atoms with Crippen LogP contribution in [-0.4, -0.2) is 51.3 Å². The highest BCUT2D eigenvalue weighted by Gasteiger charge is 2.38. The number of anilines is 1. The SMILES string of the molecule is CCOC(=O)c1cc(C#N)c(N2CC(C(=O)NS(=O)(=O)c3ccccc3OC(F)(F)F)C2)nc1C. The minimum absolute atomic E-state index is 0.0120. The van der Waals surface area contributed by atoms with E-state index in [-0.39, 0.29) is 36.6 Å². The van der Waals surface area contributed by atoms with Gasteiger partial charge < -0.3 is 14.4 Å². The topological polar surface area (TPSA) is 139 Å². The van der Waals surface area contributed by atoms with Gasteiger partial charge in [0.2, 0.25) is 5.91 Å². The summed E-state index contributed by atoms with van der Waals surface area (Å²) in [4.78, 5) is 29.5. The molecule has 1 fully saturated rings. The number of halogens is 3. The molecule has 186 valence electrons. The molecule has 0 saturated carbocycles. The van der Waals surface area contributed by atoms with E-state index in [1.165, 1.54) is 17.0 Å². The van der Waals surface area contributed by atoms with Crippen molar-refractivity contribution in [3.63, 3.8) is 0 Å². The first-order valence-corrected chi connectivity index (χ1v) is 11.6. The molecule has 3 rings (SSSR count). The molecule has 1 aromatic carbocycles. The zero-order valence-electron chi connectivity index (χ0n) is 18.4. The van der Waals surface area contributed by atoms with Crippen molar-refractivity contribution >= 4 is 27.7 Å². The molecule has 14 heteroatoms. The van der Waals surface area contributed by atoms with Crippen molar-refractivity contribution in [3.05, 3.63) is 47.2 Å². The highest BCUT2D eigenvalue weighted by atomic mass is 32.2. The smallest absolute Gasteiger partial charge is 0.462 e. The third kappa shape index (κ3) is 5.80. The largest absolute Gasteiger partial charge is 0.573 e. The number of esters is 1. The number of nitrogens with one attached hydrogen (secondary N) is 1. The molecule has 0 radical (unpaired) electrons. The highest BCUT2D eigenvalue weighted by Crippen LogP contribution is 2.31. The molecule has 1 aliphatic heterocycles. The van der Waals surface area contributed by atoms with Crippen molar-refractivity contribution in [1.29, 1.82) is 5.26 Å². The Bertz CT molecular complexity index is 1300. The maximum absolute atomic E-state index is 12.6. The molecule has 1 aromatic heterocycles. The minimum atomic E-state index is -5.13. The number of para-hydroxylation sites is 1. The van der Waals surface area contributed by atoms with E-state index in [1.54, 1.807) is 18.6 Å². The van der Waals surface area contributed by atoms with Crippen molar-refractivity contribution in [2.75, 3.05) is 24.6 Å². The summed E-state index contributed by atoms with van der Waals surface area (Å²) < 4.78 is 73.4. The first kappa shape index (κ1) is 25.8. The summed E-state index contributed by atoms with van der Waals surface area (Å²) in [7, 11) is -4.67. The number of aromatic nitrogens is 1. The summed E-state index contributed by atoms with van der Waals surface area (Å²) in [6.07, 6.45) is -5.13. The number of benzene rings is 1. The number of hydrogen-bond donors (Lipinski definition) is 1. The number of alkyl halides is 3. The summed E-state index contributed by atoms with van der Waals surface area (Å²) in [5, 5.41) is 9.46. The van der Waals surface area contributed by atoms with Crippen LogP contribution in [0.5, 0.6) is 5.75 Å². The lowest BCUT2D eigenvalue weighted by atomic mass is 9.98. The molecule has 1 N–H and O–H groups in total. The summed E-state index contributed by atoms with van der Waals surface area (Å²) >= 11 is 0. The van der Waals surface area contributed by atoms with Crippen LogP contribution in [0.15, 0.2) is 35.2 Å². The molecule has 0 bridgehead atoms. The van der Waals surface area contributed by atoms with Crippen LogP contribution < -0.4 is 14.4 Å². The predicted octanol–water partition coefficient (Wildman–Crippen LogP) is 2.28. The second-order valence-corrected chi connectivity index (χ2v) is 9.04. The van der Waals surface area contributed by atoms with Gasteiger partial charge in [-0.05, 0) is 32.0 Å². The zero-order chi connectivity index (χ0) is 26.0. The molecule has 1 aliphatic rings. The van der Waals surface area contributed by atoms with Crippen LogP contribution in [-0.2, 0) is 19.6 Å². The monoisotopic (exact) mass is 512 g/mol. The lowest BCUT2D eigenvalue weighted by Crippen LogP contribution is -2.55. The van der Waals surface area contributed by atoms with Crippen LogP contribution in [0.25, 0.3) is 0 Å². The number of rotatable bonds is 7. The molecule has 0 atom stereocenters. The average Bonchev–Trinajstić information content (AvgIpc) is 2.71. The van der Waals surface area contributed by atoms with Gasteiger partial charge in [-0.3, -0.25) is 4.79 Å². The van der Waals surface area contributed by atoms with Crippen LogP contribution in [0, 0.1) is 24.2 Å². The number of hydrogen-bond acceptors (Lipinski definition) is 9. The fourth-order valence-electron chi connectivity index (χ4n) is 3.30. The van der Waals surface area contributed by atoms with Crippen LogP contribution >= 0.6 is 0 Å². The third-order valence-corrected chi connectivity index (χ3v) is 6.35. The first-order chi connectivity index (χ1) is 16.4. The molecule has 0 aliphatic carbocycles. The van der Waals surface area contributed by atoms with Gasteiger partial charge in [-0.25, -0.2) is 22.9 Å². The highest BCUT2D eigenvalue weighted by molar-refractivity contribution is 7.90. The van der Waals surface area contributed by atoms with Gasteiger partial charge in [0.25, 0.3) is 10.0 Å². The number of sulfonamides is 1. The number of amides is 1. The van der Waals surface area contributed by atoms with E-state index in [2.05, 4.69) is 9.72 Å². The average molecular weight is 512 g/mol. The van der Waals surface area contributed by atoms with E-state index in [9.17, 15) is 36.4 Å². The Hall–Kier alpha value is -3.86. The van der Waals surface area contributed by atoms with Gasteiger partial charge >= 0.3 is 12.3 Å². The zero-order valence-corrected chi connectivity index (χ0v) is 19.2. The van der Waals surface area contributed by atoms with Crippen LogP contribution in [0.2, 0.25) is 0 Å². The summed E-state index contributed by atoms with van der Waals surface area (Å²) in [5.74, 6) is -3.20. The van der Waals surface area contributed by atoms with Gasteiger partial charge in [-0.2, -0.15) is 5.26 Å². The van der Waals surface area contributed by atoms with Crippen molar-refractivity contribution in [1.82, 2.24) is 9.71 Å². The maximum atomic E-state index is 12.6. The van der Waals surface area contributed by atoms with E-state index in [0.717, 1.165) is 18.2 Å². The molecule has 2 heterocycles. The molecular formula is C21H19F3N4O6S. The van der Waals surface area contributed by atoms with Gasteiger partial charge in [-0.15, -0.1) is 13.2 Å². The normalized spacial score (nSPS) is 14.0. The van der Waals surface area contributed by atoms with E-state index in [4.69, 9.17) is 4.74 Å². The predicted molar refractivity (Wildman–Crippen MR) is 114 cm³/mol. The van der Waals surface area contributed by atoms with E-state index < -0.39 is 44.8 Å². The Labute approximate surface area is 198 Å². The maximum Gasteiger partial charge on any atom is 0.573 e. The summed E-state index contributed by atoms with van der Waals surface area (Å²) in [5.41, 5.74) is 0.477. The molecule has 0 spiro atoms. The van der Waals surface area contributed by atoms with E-state index in [1.807, 2.05) is 6.07 Å². The van der Waals surface area contributed by atoms with Crippen LogP contribution in [0.3, 0.4) is 0 Å². The molecule has 2 aromatic rings. The lowest BCUT2D eigenvalue weighted by Gasteiger charge is -2.39. The van der Waals surface area contributed by atoms with Crippen molar-refractivity contribution in [3.8, 4) is 11.8 Å². The minimum Gasteiger partial charge on any atom is -0.462 e. The summed E-state index contributed by atoms with van der Waals surface area (Å²) in [6.45, 7) is 3.30. The van der Waals surface area contributed by atoms with Crippen LogP contribution in [0.4, 0.5) is 19.0 Å². The number of ether oxygens (including phenoxy) is 2. The lowest BCUT2D eigenvalue weighted by molar-refractivity contribution is -0.275. The van der Waals surface area contributed by atoms with Gasteiger partial charge in [0.15, 0.2) is 0 Å². The fraction of sp³-hybridized carbons (Fsp3) is 0.333. The first-order valence-electron chi connectivity index (χ1n) is 10.1. The molecule has 10 nitrogen and oxygen atoms in total. The third-order valence-electron chi connectivity index (χ3n) is 4.96. The Morgan fingerprint density at radius 2 is 1.94 bits per heavy atom. The van der Waals surface area contributed by atoms with E-state index >= 15 is 0 Å². The standard InChI is InChI=1S/C21H19F3N4O6S/c1-3-33-20(30)15-8-13(9-25)18(26-12(15)2)28-10-14(11-28)19(29)27-35(31,32)17-7-5-4-6-16(17)34-21(22,23)24/h4-8,14H,3,10-11H2,1-2H3,(H,27,29). The van der Waals surface area contributed by atoms with Gasteiger partial charge in [0.1, 0.15) is 22.5 Å². The van der Waals surface area contributed by atoms with E-state index in [0.29, 0.717) is 5.69 Å². The Balaban J connectivity index is 1.72. The Kier molecular flexibility index (Phi) is 7.20. The Morgan fingerprint density at radius 3 is 2.54 bits per heavy atom. The van der Waals surface area contributed by atoms with Crippen molar-refractivity contribution < 1.29 is 40.7 Å². The number of aryl methyl sites for hydroxylation is 1. The fourth-order valence-corrected chi connectivity index (χ4v) is 4.47. The van der Waals surface area contributed by atoms with Crippen molar-refractivity contribution in [2.45, 2.75) is 25.1 Å².